The van der Waals surface area contributed by atoms with E-state index in [1.54, 1.807) is 34.6 Å². The molecule has 14 N–H and O–H groups in total. The smallest absolute Gasteiger partial charge is 0.326 e. The van der Waals surface area contributed by atoms with Gasteiger partial charge >= 0.3 is 23.9 Å². The summed E-state index contributed by atoms with van der Waals surface area (Å²) in [4.78, 5) is 138. The number of carbonyl (C=O) groups is 11. The van der Waals surface area contributed by atoms with Gasteiger partial charge in [0.25, 0.3) is 0 Å². The fourth-order valence-electron chi connectivity index (χ4n) is 5.37. The number of aliphatic hydroxyl groups excluding tert-OH is 1. The van der Waals surface area contributed by atoms with Gasteiger partial charge in [-0.15, -0.1) is 0 Å². The van der Waals surface area contributed by atoms with Crippen LogP contribution in [0.1, 0.15) is 93.4 Å². The van der Waals surface area contributed by atoms with Gasteiger partial charge in [0.1, 0.15) is 42.3 Å². The molecule has 24 heteroatoms. The summed E-state index contributed by atoms with van der Waals surface area (Å²) in [5, 5.41) is 63.1. The molecule has 0 fully saturated rings. The molecule has 24 nitrogen and oxygen atoms in total. The second-order valence-corrected chi connectivity index (χ2v) is 15.0. The van der Waals surface area contributed by atoms with Gasteiger partial charge in [0.05, 0.1) is 19.1 Å². The van der Waals surface area contributed by atoms with Crippen molar-refractivity contribution < 1.29 is 78.3 Å². The maximum absolute atomic E-state index is 13.4. The monoisotopic (exact) mass is 874 g/mol. The van der Waals surface area contributed by atoms with E-state index in [0.717, 1.165) is 6.92 Å². The molecule has 61 heavy (non-hydrogen) atoms. The zero-order valence-electron chi connectivity index (χ0n) is 35.3. The Balaban J connectivity index is 6.12. The number of nitrogens with two attached hydrogens (primary N) is 1. The SMILES string of the molecule is CCC(C)C(N)C(=O)NC(C(=O)NC(CCC(=O)O)C(=O)NC(CO)C(=O)NC(CC(=O)O)C(=O)NC(C)C(=O)NC(CCC(=O)O)C(=O)NC(C(=O)O)C(C)CC)C(C)C. The summed E-state index contributed by atoms with van der Waals surface area (Å²) in [6, 6.07) is -12.3. The summed E-state index contributed by atoms with van der Waals surface area (Å²) in [6.07, 6.45) is -2.52. The number of nitrogens with one attached hydrogen (secondary N) is 7. The zero-order valence-corrected chi connectivity index (χ0v) is 35.3. The molecule has 0 saturated heterocycles. The first-order valence-corrected chi connectivity index (χ1v) is 19.7. The molecule has 10 unspecified atom stereocenters. The Kier molecular flexibility index (Phi) is 24.4. The van der Waals surface area contributed by atoms with Crippen LogP contribution in [0, 0.1) is 17.8 Å². The standard InChI is InChI=1S/C37H62N8O16/c1-8-17(5)27(38)35(58)44-28(16(3)4)36(59)41-20(10-12-24(47)48)31(54)43-23(15-46)34(57)42-22(14-26(51)52)33(56)39-19(7)30(53)40-21(11-13-25(49)50)32(55)45-29(37(60)61)18(6)9-2/h16-23,27-29,46H,8-15,38H2,1-7H3,(H,39,56)(H,40,53)(H,41,59)(H,42,57)(H,43,54)(H,44,58)(H,45,55)(H,47,48)(H,49,50)(H,51,52)(H,60,61). The van der Waals surface area contributed by atoms with E-state index in [9.17, 15) is 73.2 Å². The highest BCUT2D eigenvalue weighted by atomic mass is 16.4. The van der Waals surface area contributed by atoms with Gasteiger partial charge in [-0.05, 0) is 37.5 Å². The number of hydrogen-bond acceptors (Lipinski definition) is 13. The first-order valence-electron chi connectivity index (χ1n) is 19.7. The van der Waals surface area contributed by atoms with Crippen molar-refractivity contribution in [1.82, 2.24) is 37.2 Å². The molecule has 7 amide bonds. The van der Waals surface area contributed by atoms with Crippen LogP contribution in [0.25, 0.3) is 0 Å². The molecule has 0 heterocycles. The third kappa shape index (κ3) is 19.8. The van der Waals surface area contributed by atoms with E-state index in [0.29, 0.717) is 12.8 Å². The molecule has 0 saturated carbocycles. The second-order valence-electron chi connectivity index (χ2n) is 15.0. The number of carboxylic acid groups (broad SMARTS) is 4. The average molecular weight is 875 g/mol. The van der Waals surface area contributed by atoms with Crippen LogP contribution < -0.4 is 43.0 Å². The molecular formula is C37H62N8O16. The minimum absolute atomic E-state index is 0.249. The number of rotatable bonds is 29. The maximum atomic E-state index is 13.4. The lowest BCUT2D eigenvalue weighted by atomic mass is 9.97. The molecule has 0 aliphatic heterocycles. The molecule has 0 aliphatic rings. The van der Waals surface area contributed by atoms with Gasteiger partial charge in [0, 0.05) is 12.8 Å². The summed E-state index contributed by atoms with van der Waals surface area (Å²) < 4.78 is 0. The summed E-state index contributed by atoms with van der Waals surface area (Å²) in [5.41, 5.74) is 5.99. The van der Waals surface area contributed by atoms with Gasteiger partial charge in [0.2, 0.25) is 41.4 Å². The third-order valence-electron chi connectivity index (χ3n) is 9.72. The lowest BCUT2D eigenvalue weighted by molar-refractivity contribution is -0.144. The van der Waals surface area contributed by atoms with Crippen molar-refractivity contribution in [3.05, 3.63) is 0 Å². The van der Waals surface area contributed by atoms with Gasteiger partial charge in [-0.1, -0.05) is 54.4 Å². The van der Waals surface area contributed by atoms with Crippen LogP contribution in [0.3, 0.4) is 0 Å². The molecule has 10 atom stereocenters. The minimum Gasteiger partial charge on any atom is -0.481 e. The molecule has 0 radical (unpaired) electrons. The molecule has 0 bridgehead atoms. The van der Waals surface area contributed by atoms with Crippen molar-refractivity contribution in [3.8, 4) is 0 Å². The van der Waals surface area contributed by atoms with Crippen LogP contribution in [-0.2, 0) is 52.7 Å². The largest absolute Gasteiger partial charge is 0.481 e. The Bertz CT molecular complexity index is 1590. The van der Waals surface area contributed by atoms with Crippen LogP contribution in [0.2, 0.25) is 0 Å². The molecule has 0 aromatic heterocycles. The first-order chi connectivity index (χ1) is 28.3. The van der Waals surface area contributed by atoms with E-state index < -0.39 is 164 Å². The van der Waals surface area contributed by atoms with Crippen LogP contribution >= 0.6 is 0 Å². The van der Waals surface area contributed by atoms with Crippen molar-refractivity contribution >= 4 is 65.2 Å². The van der Waals surface area contributed by atoms with E-state index in [1.807, 2.05) is 12.2 Å². The van der Waals surface area contributed by atoms with E-state index in [4.69, 9.17) is 10.8 Å². The van der Waals surface area contributed by atoms with Crippen molar-refractivity contribution in [2.45, 2.75) is 142 Å². The number of amides is 7. The van der Waals surface area contributed by atoms with Gasteiger partial charge < -0.3 is 68.5 Å². The fraction of sp³-hybridized carbons (Fsp3) is 0.703. The van der Waals surface area contributed by atoms with Crippen molar-refractivity contribution in [1.29, 1.82) is 0 Å². The highest BCUT2D eigenvalue weighted by Gasteiger charge is 2.35. The van der Waals surface area contributed by atoms with Crippen LogP contribution in [-0.4, -0.2) is 146 Å². The second kappa shape index (κ2) is 27.0. The first kappa shape index (κ1) is 55.1. The predicted octanol–water partition coefficient (Wildman–Crippen LogP) is -3.24. The molecule has 0 aromatic carbocycles. The third-order valence-corrected chi connectivity index (χ3v) is 9.72. The van der Waals surface area contributed by atoms with E-state index >= 15 is 0 Å². The Morgan fingerprint density at radius 3 is 1.31 bits per heavy atom. The Morgan fingerprint density at radius 1 is 0.475 bits per heavy atom. The summed E-state index contributed by atoms with van der Waals surface area (Å²) in [6.45, 7) is 9.86. The summed E-state index contributed by atoms with van der Waals surface area (Å²) in [7, 11) is 0. The number of aliphatic carboxylic acids is 4. The average Bonchev–Trinajstić information content (AvgIpc) is 3.18. The van der Waals surface area contributed by atoms with Crippen molar-refractivity contribution in [3.63, 3.8) is 0 Å². The Morgan fingerprint density at radius 2 is 0.885 bits per heavy atom. The van der Waals surface area contributed by atoms with Gasteiger partial charge in [-0.25, -0.2) is 4.79 Å². The van der Waals surface area contributed by atoms with E-state index in [2.05, 4.69) is 31.9 Å². The molecule has 346 valence electrons. The summed E-state index contributed by atoms with van der Waals surface area (Å²) >= 11 is 0. The predicted molar refractivity (Wildman–Crippen MR) is 212 cm³/mol. The van der Waals surface area contributed by atoms with E-state index in [-0.39, 0.29) is 5.92 Å². The highest BCUT2D eigenvalue weighted by molar-refractivity contribution is 5.98. The number of aliphatic hydroxyl groups is 1. The molecule has 0 aliphatic carbocycles. The minimum atomic E-state index is -1.97. The van der Waals surface area contributed by atoms with Crippen molar-refractivity contribution in [2.24, 2.45) is 23.5 Å². The number of hydrogen-bond donors (Lipinski definition) is 13. The van der Waals surface area contributed by atoms with Crippen LogP contribution in [0.4, 0.5) is 0 Å². The normalized spacial score (nSPS) is 16.0. The number of carbonyl (C=O) groups excluding carboxylic acids is 7. The highest BCUT2D eigenvalue weighted by Crippen LogP contribution is 2.11. The molecule has 0 rings (SSSR count). The Labute approximate surface area is 352 Å². The van der Waals surface area contributed by atoms with Gasteiger partial charge in [-0.3, -0.25) is 47.9 Å². The van der Waals surface area contributed by atoms with E-state index in [1.165, 1.54) is 0 Å². The van der Waals surface area contributed by atoms with Gasteiger partial charge in [-0.2, -0.15) is 0 Å². The summed E-state index contributed by atoms with van der Waals surface area (Å²) in [5.74, 6) is -14.6. The lowest BCUT2D eigenvalue weighted by Crippen LogP contribution is -2.61. The van der Waals surface area contributed by atoms with Crippen molar-refractivity contribution in [2.75, 3.05) is 6.61 Å². The fourth-order valence-corrected chi connectivity index (χ4v) is 5.37. The lowest BCUT2D eigenvalue weighted by Gasteiger charge is -2.28. The zero-order chi connectivity index (χ0) is 47.3. The molecular weight excluding hydrogens is 812 g/mol. The molecule has 0 spiro atoms. The quantitative estimate of drug-likeness (QED) is 0.0351. The number of carboxylic acids is 4. The topological polar surface area (TPSA) is 399 Å². The Hall–Kier alpha value is -5.91. The van der Waals surface area contributed by atoms with Gasteiger partial charge in [0.15, 0.2) is 0 Å². The molecule has 0 aromatic rings. The van der Waals surface area contributed by atoms with Crippen LogP contribution in [0.15, 0.2) is 0 Å². The maximum Gasteiger partial charge on any atom is 0.326 e. The van der Waals surface area contributed by atoms with Crippen LogP contribution in [0.5, 0.6) is 0 Å².